The van der Waals surface area contributed by atoms with Crippen LogP contribution in [0, 0.1) is 23.2 Å². The number of likely N-dealkylation sites (tertiary alicyclic amines) is 1. The Hall–Kier alpha value is -1.72. The maximum Gasteiger partial charge on any atom is 0.228 e. The van der Waals surface area contributed by atoms with Gasteiger partial charge in [-0.15, -0.1) is 0 Å². The zero-order chi connectivity index (χ0) is 18.9. The summed E-state index contributed by atoms with van der Waals surface area (Å²) in [6, 6.07) is 1.43. The number of nitrogens with zero attached hydrogens (tertiary/aromatic N) is 4. The second kappa shape index (κ2) is 7.72. The van der Waals surface area contributed by atoms with Gasteiger partial charge in [0.1, 0.15) is 12.1 Å². The van der Waals surface area contributed by atoms with Crippen LogP contribution in [0.1, 0.15) is 58.3 Å². The molecule has 0 N–H and O–H groups in total. The van der Waals surface area contributed by atoms with Crippen LogP contribution in [-0.2, 0) is 4.79 Å². The van der Waals surface area contributed by atoms with Crippen molar-refractivity contribution in [2.75, 3.05) is 31.1 Å². The van der Waals surface area contributed by atoms with E-state index in [1.165, 1.54) is 18.8 Å². The van der Waals surface area contributed by atoms with Gasteiger partial charge in [0.05, 0.1) is 0 Å². The lowest BCUT2D eigenvalue weighted by atomic mass is 9.65. The molecule has 0 bridgehead atoms. The molecule has 1 amide bonds. The van der Waals surface area contributed by atoms with Gasteiger partial charge in [-0.1, -0.05) is 19.8 Å². The fourth-order valence-electron chi connectivity index (χ4n) is 5.44. The molecule has 3 heterocycles. The first-order chi connectivity index (χ1) is 13.1. The molecule has 0 aromatic carbocycles. The molecule has 1 aromatic rings. The third-order valence-corrected chi connectivity index (χ3v) is 7.15. The highest BCUT2D eigenvalue weighted by atomic mass is 19.1. The van der Waals surface area contributed by atoms with Crippen LogP contribution in [0.25, 0.3) is 0 Å². The molecule has 148 valence electrons. The molecule has 3 fully saturated rings. The number of rotatable bonds is 5. The molecule has 1 aromatic heterocycles. The van der Waals surface area contributed by atoms with Gasteiger partial charge in [-0.3, -0.25) is 4.79 Å². The van der Waals surface area contributed by atoms with Crippen LogP contribution in [0.3, 0.4) is 0 Å². The van der Waals surface area contributed by atoms with E-state index in [2.05, 4.69) is 26.7 Å². The minimum atomic E-state index is -0.465. The summed E-state index contributed by atoms with van der Waals surface area (Å²) >= 11 is 0. The minimum Gasteiger partial charge on any atom is -0.356 e. The van der Waals surface area contributed by atoms with E-state index in [0.717, 1.165) is 71.1 Å². The zero-order valence-electron chi connectivity index (χ0n) is 16.4. The van der Waals surface area contributed by atoms with E-state index in [1.807, 2.05) is 0 Å². The van der Waals surface area contributed by atoms with Crippen molar-refractivity contribution >= 4 is 11.7 Å². The van der Waals surface area contributed by atoms with E-state index in [9.17, 15) is 9.18 Å². The maximum absolute atomic E-state index is 13.4. The SMILES string of the molecule is CCCC1(C(=O)N2CCC(C3CCN(c4cc(F)ncn4)C3)CC2)CCC1. The molecule has 2 aliphatic heterocycles. The van der Waals surface area contributed by atoms with Crippen molar-refractivity contribution in [1.82, 2.24) is 14.9 Å². The first kappa shape index (κ1) is 18.6. The van der Waals surface area contributed by atoms with Gasteiger partial charge in [0.2, 0.25) is 11.9 Å². The van der Waals surface area contributed by atoms with Gasteiger partial charge in [0, 0.05) is 37.7 Å². The van der Waals surface area contributed by atoms with Gasteiger partial charge in [0.25, 0.3) is 0 Å². The molecule has 1 saturated carbocycles. The Balaban J connectivity index is 1.30. The minimum absolute atomic E-state index is 0.0250. The van der Waals surface area contributed by atoms with Gasteiger partial charge in [0.15, 0.2) is 0 Å². The molecule has 2 saturated heterocycles. The second-order valence-electron chi connectivity index (χ2n) is 8.71. The lowest BCUT2D eigenvalue weighted by Crippen LogP contribution is -2.50. The van der Waals surface area contributed by atoms with Crippen molar-refractivity contribution in [3.63, 3.8) is 0 Å². The Labute approximate surface area is 161 Å². The monoisotopic (exact) mass is 374 g/mol. The van der Waals surface area contributed by atoms with E-state index in [1.54, 1.807) is 0 Å². The Kier molecular flexibility index (Phi) is 5.33. The summed E-state index contributed by atoms with van der Waals surface area (Å²) in [6.07, 6.45) is 10.2. The predicted octanol–water partition coefficient (Wildman–Crippen LogP) is 3.65. The largest absolute Gasteiger partial charge is 0.356 e. The summed E-state index contributed by atoms with van der Waals surface area (Å²) in [5, 5.41) is 0. The van der Waals surface area contributed by atoms with Crippen LogP contribution in [0.15, 0.2) is 12.4 Å². The van der Waals surface area contributed by atoms with E-state index in [0.29, 0.717) is 23.6 Å². The Morgan fingerprint density at radius 2 is 1.93 bits per heavy atom. The molecule has 1 unspecified atom stereocenters. The molecular formula is C21H31FN4O. The molecular weight excluding hydrogens is 343 g/mol. The van der Waals surface area contributed by atoms with Crippen LogP contribution < -0.4 is 4.90 Å². The van der Waals surface area contributed by atoms with Crippen LogP contribution in [0.2, 0.25) is 0 Å². The number of amides is 1. The van der Waals surface area contributed by atoms with E-state index < -0.39 is 5.95 Å². The molecule has 3 aliphatic rings. The highest BCUT2D eigenvalue weighted by Gasteiger charge is 2.46. The van der Waals surface area contributed by atoms with Crippen LogP contribution in [-0.4, -0.2) is 47.0 Å². The topological polar surface area (TPSA) is 49.3 Å². The summed E-state index contributed by atoms with van der Waals surface area (Å²) in [6.45, 7) is 5.88. The molecule has 6 heteroatoms. The van der Waals surface area contributed by atoms with Gasteiger partial charge < -0.3 is 9.80 Å². The Bertz CT molecular complexity index is 670. The molecule has 5 nitrogen and oxygen atoms in total. The van der Waals surface area contributed by atoms with Gasteiger partial charge in [-0.05, 0) is 50.4 Å². The van der Waals surface area contributed by atoms with E-state index in [4.69, 9.17) is 0 Å². The standard InChI is InChI=1S/C21H31FN4O/c1-2-7-21(8-3-9-21)20(27)25-10-4-16(5-11-25)17-6-12-26(14-17)19-13-18(22)23-15-24-19/h13,15-17H,2-12,14H2,1H3. The first-order valence-corrected chi connectivity index (χ1v) is 10.6. The van der Waals surface area contributed by atoms with Crippen LogP contribution in [0.4, 0.5) is 10.2 Å². The molecule has 0 radical (unpaired) electrons. The summed E-state index contributed by atoms with van der Waals surface area (Å²) in [7, 11) is 0. The summed E-state index contributed by atoms with van der Waals surface area (Å²) in [5.41, 5.74) is -0.0250. The van der Waals surface area contributed by atoms with Crippen molar-refractivity contribution < 1.29 is 9.18 Å². The van der Waals surface area contributed by atoms with Crippen molar-refractivity contribution in [2.45, 2.75) is 58.3 Å². The number of piperidine rings is 1. The number of hydrogen-bond donors (Lipinski definition) is 0. The molecule has 4 rings (SSSR count). The zero-order valence-corrected chi connectivity index (χ0v) is 16.4. The fourth-order valence-corrected chi connectivity index (χ4v) is 5.44. The van der Waals surface area contributed by atoms with Crippen molar-refractivity contribution in [3.05, 3.63) is 18.3 Å². The molecule has 0 spiro atoms. The number of carbonyl (C=O) groups excluding carboxylic acids is 1. The van der Waals surface area contributed by atoms with E-state index in [-0.39, 0.29) is 5.41 Å². The molecule has 1 atom stereocenters. The highest BCUT2D eigenvalue weighted by Crippen LogP contribution is 2.47. The average molecular weight is 375 g/mol. The predicted molar refractivity (Wildman–Crippen MR) is 103 cm³/mol. The number of halogens is 1. The summed E-state index contributed by atoms with van der Waals surface area (Å²) in [5.74, 6) is 1.94. The normalized spacial score (nSPS) is 25.5. The van der Waals surface area contributed by atoms with E-state index >= 15 is 0 Å². The number of anilines is 1. The Morgan fingerprint density at radius 1 is 1.19 bits per heavy atom. The maximum atomic E-state index is 13.4. The Morgan fingerprint density at radius 3 is 2.56 bits per heavy atom. The van der Waals surface area contributed by atoms with Gasteiger partial charge in [-0.2, -0.15) is 4.39 Å². The molecule has 27 heavy (non-hydrogen) atoms. The van der Waals surface area contributed by atoms with Crippen molar-refractivity contribution in [2.24, 2.45) is 17.3 Å². The highest BCUT2D eigenvalue weighted by molar-refractivity contribution is 5.83. The summed E-state index contributed by atoms with van der Waals surface area (Å²) < 4.78 is 13.4. The lowest BCUT2D eigenvalue weighted by molar-refractivity contribution is -0.150. The second-order valence-corrected chi connectivity index (χ2v) is 8.71. The van der Waals surface area contributed by atoms with Crippen molar-refractivity contribution in [1.29, 1.82) is 0 Å². The summed E-state index contributed by atoms with van der Waals surface area (Å²) in [4.78, 5) is 25.2. The number of carbonyl (C=O) groups is 1. The average Bonchev–Trinajstić information content (AvgIpc) is 3.14. The van der Waals surface area contributed by atoms with Crippen molar-refractivity contribution in [3.8, 4) is 0 Å². The van der Waals surface area contributed by atoms with Gasteiger partial charge >= 0.3 is 0 Å². The van der Waals surface area contributed by atoms with Crippen LogP contribution in [0.5, 0.6) is 0 Å². The smallest absolute Gasteiger partial charge is 0.228 e. The number of hydrogen-bond acceptors (Lipinski definition) is 4. The third kappa shape index (κ3) is 3.67. The fraction of sp³-hybridized carbons (Fsp3) is 0.762. The van der Waals surface area contributed by atoms with Crippen LogP contribution >= 0.6 is 0 Å². The lowest BCUT2D eigenvalue weighted by Gasteiger charge is -2.45. The van der Waals surface area contributed by atoms with Gasteiger partial charge in [-0.25, -0.2) is 9.97 Å². The third-order valence-electron chi connectivity index (χ3n) is 7.15. The quantitative estimate of drug-likeness (QED) is 0.738. The number of aromatic nitrogens is 2. The first-order valence-electron chi connectivity index (χ1n) is 10.6. The molecule has 1 aliphatic carbocycles.